The quantitative estimate of drug-likeness (QED) is 0.598. The molecule has 2 unspecified atom stereocenters. The zero-order valence-corrected chi connectivity index (χ0v) is 15.9. The molecule has 1 fully saturated rings. The summed E-state index contributed by atoms with van der Waals surface area (Å²) in [6.07, 6.45) is 1.79. The third kappa shape index (κ3) is 4.21. The zero-order valence-electron chi connectivity index (χ0n) is 15.9. The lowest BCUT2D eigenvalue weighted by Gasteiger charge is -2.40. The first-order chi connectivity index (χ1) is 13.9. The van der Waals surface area contributed by atoms with Gasteiger partial charge in [0.2, 0.25) is 5.79 Å². The van der Waals surface area contributed by atoms with E-state index in [0.717, 1.165) is 29.7 Å². The number of nitrogens with zero attached hydrogens (tertiary/aromatic N) is 2. The predicted molar refractivity (Wildman–Crippen MR) is 102 cm³/mol. The highest BCUT2D eigenvalue weighted by Gasteiger charge is 2.39. The summed E-state index contributed by atoms with van der Waals surface area (Å²) >= 11 is 0. The van der Waals surface area contributed by atoms with Crippen LogP contribution in [0.5, 0.6) is 0 Å². The van der Waals surface area contributed by atoms with Gasteiger partial charge in [-0.3, -0.25) is 0 Å². The molecular weight excluding hydrogens is 381 g/mol. The Hall–Kier alpha value is -2.64. The topological polar surface area (TPSA) is 36.3 Å². The largest absolute Gasteiger partial charge is 0.416 e. The van der Waals surface area contributed by atoms with E-state index in [1.54, 1.807) is 12.5 Å². The van der Waals surface area contributed by atoms with Crippen molar-refractivity contribution in [2.45, 2.75) is 38.0 Å². The molecule has 0 saturated carbocycles. The molecule has 2 heterocycles. The minimum absolute atomic E-state index is 0.0434. The number of hydrogen-bond acceptors (Lipinski definition) is 3. The van der Waals surface area contributed by atoms with Crippen LogP contribution in [-0.4, -0.2) is 22.3 Å². The molecule has 0 aliphatic carbocycles. The highest BCUT2D eigenvalue weighted by atomic mass is 19.4. The first-order valence-electron chi connectivity index (χ1n) is 9.41. The molecule has 0 amide bonds. The summed E-state index contributed by atoms with van der Waals surface area (Å²) in [7, 11) is 0. The number of ether oxygens (including phenoxy) is 2. The van der Waals surface area contributed by atoms with Gasteiger partial charge < -0.3 is 14.0 Å². The van der Waals surface area contributed by atoms with Crippen LogP contribution < -0.4 is 0 Å². The van der Waals surface area contributed by atoms with Gasteiger partial charge in [-0.1, -0.05) is 36.4 Å². The van der Waals surface area contributed by atoms with Gasteiger partial charge in [-0.2, -0.15) is 13.2 Å². The van der Waals surface area contributed by atoms with Crippen LogP contribution in [0, 0.1) is 0 Å². The van der Waals surface area contributed by atoms with Crippen molar-refractivity contribution in [3.8, 4) is 11.1 Å². The second-order valence-corrected chi connectivity index (χ2v) is 7.21. The van der Waals surface area contributed by atoms with Crippen LogP contribution in [0.15, 0.2) is 67.3 Å². The molecule has 4 rings (SSSR count). The second-order valence-electron chi connectivity index (χ2n) is 7.21. The van der Waals surface area contributed by atoms with E-state index >= 15 is 0 Å². The molecule has 1 aromatic heterocycles. The lowest BCUT2D eigenvalue weighted by molar-refractivity contribution is -0.306. The molecule has 2 aromatic carbocycles. The van der Waals surface area contributed by atoms with E-state index in [0.29, 0.717) is 18.7 Å². The van der Waals surface area contributed by atoms with Gasteiger partial charge in [0.25, 0.3) is 0 Å². The van der Waals surface area contributed by atoms with Crippen LogP contribution in [0.3, 0.4) is 0 Å². The second kappa shape index (κ2) is 7.65. The molecule has 7 heteroatoms. The summed E-state index contributed by atoms with van der Waals surface area (Å²) in [5.41, 5.74) is 1.74. The van der Waals surface area contributed by atoms with Gasteiger partial charge in [-0.15, -0.1) is 0 Å². The molecule has 0 bridgehead atoms. The minimum atomic E-state index is -4.34. The van der Waals surface area contributed by atoms with Crippen molar-refractivity contribution < 1.29 is 22.6 Å². The maximum absolute atomic E-state index is 12.8. The number of benzene rings is 2. The highest BCUT2D eigenvalue weighted by Crippen LogP contribution is 2.36. The van der Waals surface area contributed by atoms with E-state index in [1.807, 2.05) is 42.0 Å². The van der Waals surface area contributed by atoms with E-state index in [9.17, 15) is 13.2 Å². The Bertz CT molecular complexity index is 938. The molecule has 29 heavy (non-hydrogen) atoms. The number of aromatic nitrogens is 2. The summed E-state index contributed by atoms with van der Waals surface area (Å²) in [5, 5.41) is 0. The molecular formula is C22H21F3N2O2. The van der Waals surface area contributed by atoms with E-state index in [1.165, 1.54) is 12.1 Å². The van der Waals surface area contributed by atoms with Crippen molar-refractivity contribution in [1.82, 2.24) is 9.55 Å². The molecule has 0 spiro atoms. The lowest BCUT2D eigenvalue weighted by atomic mass is 9.98. The molecule has 3 aromatic rings. The predicted octanol–water partition coefficient (Wildman–Crippen LogP) is 5.25. The Morgan fingerprint density at radius 2 is 1.72 bits per heavy atom. The molecule has 4 nitrogen and oxygen atoms in total. The van der Waals surface area contributed by atoms with Crippen LogP contribution in [0.4, 0.5) is 13.2 Å². The molecule has 2 atom stereocenters. The van der Waals surface area contributed by atoms with Crippen LogP contribution in [0.2, 0.25) is 0 Å². The third-order valence-corrected chi connectivity index (χ3v) is 5.07. The van der Waals surface area contributed by atoms with Crippen molar-refractivity contribution in [3.63, 3.8) is 0 Å². The average Bonchev–Trinajstić information content (AvgIpc) is 3.20. The molecule has 152 valence electrons. The van der Waals surface area contributed by atoms with Crippen LogP contribution >= 0.6 is 0 Å². The SMILES string of the molecule is CC1CCOC(Cn2ccnc2)(c2ccc(-c3ccc(C(F)(F)F)cc3)cc2)O1. The third-order valence-electron chi connectivity index (χ3n) is 5.07. The van der Waals surface area contributed by atoms with Gasteiger partial charge in [0.15, 0.2) is 0 Å². The van der Waals surface area contributed by atoms with Gasteiger partial charge in [0, 0.05) is 18.0 Å². The summed E-state index contributed by atoms with van der Waals surface area (Å²) in [4.78, 5) is 4.08. The van der Waals surface area contributed by atoms with Crippen molar-refractivity contribution >= 4 is 0 Å². The van der Waals surface area contributed by atoms with Crippen molar-refractivity contribution in [2.75, 3.05) is 6.61 Å². The van der Waals surface area contributed by atoms with Crippen LogP contribution in [0.25, 0.3) is 11.1 Å². The number of rotatable bonds is 4. The monoisotopic (exact) mass is 402 g/mol. The fourth-order valence-corrected chi connectivity index (χ4v) is 3.52. The van der Waals surface area contributed by atoms with Crippen LogP contribution in [0.1, 0.15) is 24.5 Å². The average molecular weight is 402 g/mol. The van der Waals surface area contributed by atoms with Gasteiger partial charge in [0.1, 0.15) is 0 Å². The summed E-state index contributed by atoms with van der Waals surface area (Å²) in [6, 6.07) is 12.7. The number of alkyl halides is 3. The fourth-order valence-electron chi connectivity index (χ4n) is 3.52. The van der Waals surface area contributed by atoms with Gasteiger partial charge in [0.05, 0.1) is 31.1 Å². The Kier molecular flexibility index (Phi) is 5.19. The molecule has 1 aliphatic heterocycles. The maximum atomic E-state index is 12.8. The standard InChI is InChI=1S/C22H21F3N2O2/c1-16-10-13-28-21(29-16,14-27-12-11-26-15-27)19-6-2-17(3-7-19)18-4-8-20(9-5-18)22(23,24)25/h2-9,11-12,15-16H,10,13-14H2,1H3. The van der Waals surface area contributed by atoms with Crippen molar-refractivity contribution in [2.24, 2.45) is 0 Å². The van der Waals surface area contributed by atoms with Gasteiger partial charge in [-0.05, 0) is 36.6 Å². The molecule has 1 saturated heterocycles. The highest BCUT2D eigenvalue weighted by molar-refractivity contribution is 5.64. The molecule has 1 aliphatic rings. The Balaban J connectivity index is 1.62. The van der Waals surface area contributed by atoms with Crippen molar-refractivity contribution in [1.29, 1.82) is 0 Å². The number of imidazole rings is 1. The van der Waals surface area contributed by atoms with Crippen LogP contribution in [-0.2, 0) is 28.0 Å². The van der Waals surface area contributed by atoms with Gasteiger partial charge in [-0.25, -0.2) is 4.98 Å². The Morgan fingerprint density at radius 3 is 2.28 bits per heavy atom. The lowest BCUT2D eigenvalue weighted by Crippen LogP contribution is -2.44. The Labute approximate surface area is 166 Å². The minimum Gasteiger partial charge on any atom is -0.344 e. The number of hydrogen-bond donors (Lipinski definition) is 0. The normalized spacial score (nSPS) is 22.6. The summed E-state index contributed by atoms with van der Waals surface area (Å²) in [5.74, 6) is -0.933. The first-order valence-corrected chi connectivity index (χ1v) is 9.41. The van der Waals surface area contributed by atoms with E-state index in [4.69, 9.17) is 9.47 Å². The maximum Gasteiger partial charge on any atom is 0.416 e. The van der Waals surface area contributed by atoms with E-state index < -0.39 is 17.5 Å². The zero-order chi connectivity index (χ0) is 20.5. The Morgan fingerprint density at radius 1 is 1.07 bits per heavy atom. The van der Waals surface area contributed by atoms with Gasteiger partial charge >= 0.3 is 6.18 Å². The van der Waals surface area contributed by atoms with Crippen molar-refractivity contribution in [3.05, 3.63) is 78.4 Å². The molecule has 0 N–H and O–H groups in total. The fraction of sp³-hybridized carbons (Fsp3) is 0.318. The van der Waals surface area contributed by atoms with E-state index in [2.05, 4.69) is 4.98 Å². The number of halogens is 3. The summed E-state index contributed by atoms with van der Waals surface area (Å²) in [6.45, 7) is 3.05. The smallest absolute Gasteiger partial charge is 0.344 e. The molecule has 0 radical (unpaired) electrons. The van der Waals surface area contributed by atoms with E-state index in [-0.39, 0.29) is 6.10 Å². The summed E-state index contributed by atoms with van der Waals surface area (Å²) < 4.78 is 52.6. The first kappa shape index (κ1) is 19.7.